The Morgan fingerprint density at radius 3 is 2.81 bits per heavy atom. The lowest BCUT2D eigenvalue weighted by atomic mass is 9.82. The van der Waals surface area contributed by atoms with Crippen LogP contribution in [0.25, 0.3) is 0 Å². The standard InChI is InChI=1S/C16H21NO4/c1-16(21,9-14(18)19)10-17-15(20)13-8-4-6-11-5-2-3-7-12(11)13/h2-3,5,7,13,21H,4,6,8-10H2,1H3,(H,17,20)(H,18,19). The molecule has 5 nitrogen and oxygen atoms in total. The highest BCUT2D eigenvalue weighted by atomic mass is 16.4. The predicted octanol–water partition coefficient (Wildman–Crippen LogP) is 1.45. The van der Waals surface area contributed by atoms with Crippen LogP contribution >= 0.6 is 0 Å². The van der Waals surface area contributed by atoms with E-state index in [1.165, 1.54) is 12.5 Å². The van der Waals surface area contributed by atoms with E-state index in [1.54, 1.807) is 0 Å². The van der Waals surface area contributed by atoms with Crippen molar-refractivity contribution >= 4 is 11.9 Å². The van der Waals surface area contributed by atoms with Gasteiger partial charge in [0.1, 0.15) is 0 Å². The highest BCUT2D eigenvalue weighted by Gasteiger charge is 2.29. The lowest BCUT2D eigenvalue weighted by Crippen LogP contribution is -2.44. The van der Waals surface area contributed by atoms with Gasteiger partial charge in [0, 0.05) is 6.54 Å². The second-order valence-electron chi connectivity index (χ2n) is 5.93. The average molecular weight is 291 g/mol. The molecule has 21 heavy (non-hydrogen) atoms. The molecule has 3 N–H and O–H groups in total. The minimum atomic E-state index is -1.43. The topological polar surface area (TPSA) is 86.6 Å². The molecule has 0 aromatic heterocycles. The van der Waals surface area contributed by atoms with Crippen molar-refractivity contribution in [1.29, 1.82) is 0 Å². The van der Waals surface area contributed by atoms with Crippen molar-refractivity contribution < 1.29 is 19.8 Å². The molecule has 5 heteroatoms. The number of rotatable bonds is 5. The lowest BCUT2D eigenvalue weighted by Gasteiger charge is -2.27. The molecule has 0 saturated heterocycles. The molecule has 1 aliphatic carbocycles. The minimum Gasteiger partial charge on any atom is -0.481 e. The van der Waals surface area contributed by atoms with Gasteiger partial charge in [-0.2, -0.15) is 0 Å². The van der Waals surface area contributed by atoms with Gasteiger partial charge < -0.3 is 15.5 Å². The number of benzene rings is 1. The highest BCUT2D eigenvalue weighted by Crippen LogP contribution is 2.31. The Kier molecular flexibility index (Phi) is 4.63. The van der Waals surface area contributed by atoms with Crippen molar-refractivity contribution in [2.24, 2.45) is 0 Å². The average Bonchev–Trinajstić information content (AvgIpc) is 2.43. The van der Waals surface area contributed by atoms with Crippen LogP contribution in [0.3, 0.4) is 0 Å². The van der Waals surface area contributed by atoms with Crippen molar-refractivity contribution in [3.05, 3.63) is 35.4 Å². The Labute approximate surface area is 124 Å². The van der Waals surface area contributed by atoms with Crippen LogP contribution in [0.2, 0.25) is 0 Å². The number of nitrogens with one attached hydrogen (secondary N) is 1. The van der Waals surface area contributed by atoms with Crippen LogP contribution < -0.4 is 5.32 Å². The summed E-state index contributed by atoms with van der Waals surface area (Å²) in [6.45, 7) is 1.35. The molecule has 2 unspecified atom stereocenters. The molecule has 0 spiro atoms. The zero-order valence-electron chi connectivity index (χ0n) is 12.1. The fourth-order valence-corrected chi connectivity index (χ4v) is 2.82. The molecule has 1 aliphatic rings. The van der Waals surface area contributed by atoms with Gasteiger partial charge in [-0.05, 0) is 37.3 Å². The number of fused-ring (bicyclic) bond motifs is 1. The summed E-state index contributed by atoms with van der Waals surface area (Å²) in [4.78, 5) is 23.0. The molecule has 0 bridgehead atoms. The zero-order chi connectivity index (χ0) is 15.5. The summed E-state index contributed by atoms with van der Waals surface area (Å²) < 4.78 is 0. The van der Waals surface area contributed by atoms with Gasteiger partial charge in [-0.25, -0.2) is 0 Å². The minimum absolute atomic E-state index is 0.0587. The number of amides is 1. The van der Waals surface area contributed by atoms with Crippen molar-refractivity contribution in [3.8, 4) is 0 Å². The summed E-state index contributed by atoms with van der Waals surface area (Å²) in [6.07, 6.45) is 2.33. The van der Waals surface area contributed by atoms with Crippen LogP contribution in [-0.4, -0.2) is 34.2 Å². The molecule has 1 amide bonds. The van der Waals surface area contributed by atoms with Crippen LogP contribution in [-0.2, 0) is 16.0 Å². The summed E-state index contributed by atoms with van der Waals surface area (Å²) in [6, 6.07) is 7.89. The van der Waals surface area contributed by atoms with Crippen molar-refractivity contribution in [2.75, 3.05) is 6.54 Å². The van der Waals surface area contributed by atoms with Crippen molar-refractivity contribution in [2.45, 2.75) is 44.1 Å². The van der Waals surface area contributed by atoms with Gasteiger partial charge in [-0.3, -0.25) is 9.59 Å². The number of aliphatic carboxylic acids is 1. The number of hydrogen-bond donors (Lipinski definition) is 3. The maximum Gasteiger partial charge on any atom is 0.306 e. The number of carboxylic acid groups (broad SMARTS) is 1. The Balaban J connectivity index is 2.00. The summed E-state index contributed by atoms with van der Waals surface area (Å²) in [5, 5.41) is 21.3. The van der Waals surface area contributed by atoms with E-state index in [-0.39, 0.29) is 18.4 Å². The largest absolute Gasteiger partial charge is 0.481 e. The normalized spacial score (nSPS) is 20.2. The Hall–Kier alpha value is -1.88. The van der Waals surface area contributed by atoms with Gasteiger partial charge in [0.15, 0.2) is 0 Å². The van der Waals surface area contributed by atoms with E-state index in [2.05, 4.69) is 5.32 Å². The summed E-state index contributed by atoms with van der Waals surface area (Å²) >= 11 is 0. The van der Waals surface area contributed by atoms with Crippen LogP contribution in [0, 0.1) is 0 Å². The molecule has 1 aromatic carbocycles. The van der Waals surface area contributed by atoms with E-state index in [0.717, 1.165) is 24.8 Å². The van der Waals surface area contributed by atoms with Crippen molar-refractivity contribution in [1.82, 2.24) is 5.32 Å². The third-order valence-corrected chi connectivity index (χ3v) is 3.86. The second kappa shape index (κ2) is 6.26. The highest BCUT2D eigenvalue weighted by molar-refractivity contribution is 5.84. The third-order valence-electron chi connectivity index (χ3n) is 3.86. The fourth-order valence-electron chi connectivity index (χ4n) is 2.82. The van der Waals surface area contributed by atoms with Gasteiger partial charge in [-0.15, -0.1) is 0 Å². The Bertz CT molecular complexity index is 539. The molecule has 0 aliphatic heterocycles. The molecule has 2 rings (SSSR count). The maximum atomic E-state index is 12.3. The number of aliphatic hydroxyl groups is 1. The van der Waals surface area contributed by atoms with Crippen LogP contribution in [0.15, 0.2) is 24.3 Å². The number of aryl methyl sites for hydroxylation is 1. The first-order valence-electron chi connectivity index (χ1n) is 7.19. The fraction of sp³-hybridized carbons (Fsp3) is 0.500. The number of carboxylic acids is 1. The summed E-state index contributed by atoms with van der Waals surface area (Å²) in [5.41, 5.74) is 0.802. The first kappa shape index (κ1) is 15.5. The maximum absolute atomic E-state index is 12.3. The van der Waals surface area contributed by atoms with E-state index in [9.17, 15) is 14.7 Å². The first-order valence-corrected chi connectivity index (χ1v) is 7.19. The predicted molar refractivity (Wildman–Crippen MR) is 78.0 cm³/mol. The summed E-state index contributed by atoms with van der Waals surface area (Å²) in [5.74, 6) is -1.44. The molecule has 1 aromatic rings. The third kappa shape index (κ3) is 4.04. The van der Waals surface area contributed by atoms with Crippen LogP contribution in [0.4, 0.5) is 0 Å². The molecule has 0 saturated carbocycles. The van der Waals surface area contributed by atoms with E-state index in [0.29, 0.717) is 0 Å². The van der Waals surface area contributed by atoms with Crippen molar-refractivity contribution in [3.63, 3.8) is 0 Å². The monoisotopic (exact) mass is 291 g/mol. The molecule has 114 valence electrons. The second-order valence-corrected chi connectivity index (χ2v) is 5.93. The molecular formula is C16H21NO4. The lowest BCUT2D eigenvalue weighted by molar-refractivity contribution is -0.142. The smallest absolute Gasteiger partial charge is 0.306 e. The van der Waals surface area contributed by atoms with Crippen LogP contribution in [0.5, 0.6) is 0 Å². The Morgan fingerprint density at radius 2 is 2.10 bits per heavy atom. The molecule has 0 fully saturated rings. The van der Waals surface area contributed by atoms with Gasteiger partial charge in [0.25, 0.3) is 0 Å². The Morgan fingerprint density at radius 1 is 1.38 bits per heavy atom. The van der Waals surface area contributed by atoms with Gasteiger partial charge >= 0.3 is 5.97 Å². The van der Waals surface area contributed by atoms with Gasteiger partial charge in [-0.1, -0.05) is 24.3 Å². The van der Waals surface area contributed by atoms with E-state index in [1.807, 2.05) is 24.3 Å². The SMILES string of the molecule is CC(O)(CNC(=O)C1CCCc2ccccc21)CC(=O)O. The molecule has 2 atom stereocenters. The summed E-state index contributed by atoms with van der Waals surface area (Å²) in [7, 11) is 0. The molecular weight excluding hydrogens is 270 g/mol. The van der Waals surface area contributed by atoms with Crippen LogP contribution in [0.1, 0.15) is 43.2 Å². The number of hydrogen-bond acceptors (Lipinski definition) is 3. The van der Waals surface area contributed by atoms with Gasteiger partial charge in [0.05, 0.1) is 17.9 Å². The zero-order valence-corrected chi connectivity index (χ0v) is 12.1. The van der Waals surface area contributed by atoms with E-state index in [4.69, 9.17) is 5.11 Å². The quantitative estimate of drug-likeness (QED) is 0.766. The first-order chi connectivity index (χ1) is 9.89. The van der Waals surface area contributed by atoms with E-state index < -0.39 is 18.0 Å². The number of carbonyl (C=O) groups excluding carboxylic acids is 1. The molecule has 0 heterocycles. The molecule has 0 radical (unpaired) electrons. The number of carbonyl (C=O) groups is 2. The van der Waals surface area contributed by atoms with E-state index >= 15 is 0 Å². The van der Waals surface area contributed by atoms with Gasteiger partial charge in [0.2, 0.25) is 5.91 Å².